The van der Waals surface area contributed by atoms with Crippen LogP contribution in [0.5, 0.6) is 5.75 Å². The Bertz CT molecular complexity index is 463. The van der Waals surface area contributed by atoms with Gasteiger partial charge in [0.15, 0.2) is 0 Å². The van der Waals surface area contributed by atoms with E-state index in [2.05, 4.69) is 27.9 Å². The molecule has 0 saturated heterocycles. The highest BCUT2D eigenvalue weighted by Gasteiger charge is 2.22. The number of carbonyl (C=O) groups is 1. The predicted molar refractivity (Wildman–Crippen MR) is 79.4 cm³/mol. The number of carbonyl (C=O) groups excluding carboxylic acids is 1. The van der Waals surface area contributed by atoms with E-state index >= 15 is 0 Å². The molecule has 1 aromatic carbocycles. The summed E-state index contributed by atoms with van der Waals surface area (Å²) in [6.07, 6.45) is 0. The number of methoxy groups -OCH3 is 1. The van der Waals surface area contributed by atoms with E-state index < -0.39 is 5.54 Å². The van der Waals surface area contributed by atoms with Crippen LogP contribution in [-0.2, 0) is 0 Å². The summed E-state index contributed by atoms with van der Waals surface area (Å²) in [6.45, 7) is 3.30. The average Bonchev–Trinajstić information content (AvgIpc) is 2.31. The number of hydrogen-bond acceptors (Lipinski definition) is 3. The molecule has 0 aliphatic rings. The third-order valence-corrected chi connectivity index (χ3v) is 3.86. The lowest BCUT2D eigenvalue weighted by Crippen LogP contribution is -2.46. The minimum atomic E-state index is -0.697. The predicted octanol–water partition coefficient (Wildman–Crippen LogP) is 2.45. The largest absolute Gasteiger partial charge is 0.496 e. The first-order chi connectivity index (χ1) is 8.30. The lowest BCUT2D eigenvalue weighted by atomic mass is 10.1. The Morgan fingerprint density at radius 3 is 2.67 bits per heavy atom. The molecule has 4 nitrogen and oxygen atoms in total. The molecular weight excluding hydrogens is 368 g/mol. The highest BCUT2D eigenvalue weighted by Crippen LogP contribution is 2.28. The molecule has 0 aliphatic heterocycles. The van der Waals surface area contributed by atoms with Crippen LogP contribution in [0.4, 0.5) is 0 Å². The molecule has 1 amide bonds. The zero-order chi connectivity index (χ0) is 13.9. The smallest absolute Gasteiger partial charge is 0.255 e. The molecule has 100 valence electrons. The van der Waals surface area contributed by atoms with Gasteiger partial charge >= 0.3 is 0 Å². The van der Waals surface area contributed by atoms with Crippen LogP contribution < -0.4 is 10.1 Å². The van der Waals surface area contributed by atoms with Gasteiger partial charge in [-0.1, -0.05) is 11.6 Å². The number of nitrogens with one attached hydrogen (secondary N) is 1. The summed E-state index contributed by atoms with van der Waals surface area (Å²) in [6, 6.07) is 3.26. The Kier molecular flexibility index (Phi) is 5.24. The van der Waals surface area contributed by atoms with Crippen LogP contribution in [0, 0.1) is 3.57 Å². The van der Waals surface area contributed by atoms with Crippen molar-refractivity contribution in [1.82, 2.24) is 5.32 Å². The molecular formula is C12H15ClINO3. The number of amides is 1. The van der Waals surface area contributed by atoms with Crippen LogP contribution in [0.15, 0.2) is 12.1 Å². The Hall–Kier alpha value is -0.530. The molecule has 0 unspecified atom stereocenters. The van der Waals surface area contributed by atoms with Gasteiger partial charge < -0.3 is 15.2 Å². The Morgan fingerprint density at radius 2 is 2.17 bits per heavy atom. The van der Waals surface area contributed by atoms with Crippen molar-refractivity contribution in [2.24, 2.45) is 0 Å². The summed E-state index contributed by atoms with van der Waals surface area (Å²) < 4.78 is 5.97. The summed E-state index contributed by atoms with van der Waals surface area (Å²) in [5, 5.41) is 12.3. The lowest BCUT2D eigenvalue weighted by molar-refractivity contribution is 0.0866. The van der Waals surface area contributed by atoms with Gasteiger partial charge in [-0.25, -0.2) is 0 Å². The second-order valence-corrected chi connectivity index (χ2v) is 6.03. The molecule has 1 rings (SSSR count). The third-order valence-electron chi connectivity index (χ3n) is 2.33. The fourth-order valence-electron chi connectivity index (χ4n) is 1.29. The molecule has 0 bridgehead atoms. The second-order valence-electron chi connectivity index (χ2n) is 4.46. The van der Waals surface area contributed by atoms with Crippen LogP contribution in [0.3, 0.4) is 0 Å². The second kappa shape index (κ2) is 6.08. The maximum absolute atomic E-state index is 12.1. The van der Waals surface area contributed by atoms with Crippen LogP contribution in [0.1, 0.15) is 24.2 Å². The van der Waals surface area contributed by atoms with Crippen molar-refractivity contribution in [1.29, 1.82) is 0 Å². The molecule has 0 aliphatic carbocycles. The Morgan fingerprint density at radius 1 is 1.56 bits per heavy atom. The molecule has 0 radical (unpaired) electrons. The van der Waals surface area contributed by atoms with Crippen LogP contribution in [0.2, 0.25) is 5.02 Å². The summed E-state index contributed by atoms with van der Waals surface area (Å²) in [7, 11) is 1.49. The van der Waals surface area contributed by atoms with Crippen LogP contribution >= 0.6 is 34.2 Å². The van der Waals surface area contributed by atoms with Gasteiger partial charge in [-0.15, -0.1) is 0 Å². The van der Waals surface area contributed by atoms with Crippen LogP contribution in [-0.4, -0.2) is 30.3 Å². The van der Waals surface area contributed by atoms with E-state index in [4.69, 9.17) is 21.4 Å². The molecule has 1 aromatic rings. The third kappa shape index (κ3) is 3.73. The minimum absolute atomic E-state index is 0.154. The topological polar surface area (TPSA) is 58.6 Å². The lowest BCUT2D eigenvalue weighted by Gasteiger charge is -2.24. The van der Waals surface area contributed by atoms with E-state index in [0.29, 0.717) is 16.3 Å². The van der Waals surface area contributed by atoms with E-state index in [1.807, 2.05) is 0 Å². The van der Waals surface area contributed by atoms with Crippen LogP contribution in [0.25, 0.3) is 0 Å². The van der Waals surface area contributed by atoms with Crippen molar-refractivity contribution in [2.45, 2.75) is 19.4 Å². The van der Waals surface area contributed by atoms with E-state index in [9.17, 15) is 4.79 Å². The molecule has 0 saturated carbocycles. The van der Waals surface area contributed by atoms with E-state index in [1.54, 1.807) is 26.0 Å². The highest BCUT2D eigenvalue weighted by molar-refractivity contribution is 14.1. The SMILES string of the molecule is COc1cc(I)c(Cl)cc1C(=O)NC(C)(C)CO. The number of benzene rings is 1. The molecule has 18 heavy (non-hydrogen) atoms. The first-order valence-electron chi connectivity index (χ1n) is 5.27. The summed E-state index contributed by atoms with van der Waals surface area (Å²) in [5.74, 6) is 0.124. The maximum atomic E-state index is 12.1. The van der Waals surface area contributed by atoms with Crippen molar-refractivity contribution in [2.75, 3.05) is 13.7 Å². The van der Waals surface area contributed by atoms with Crippen molar-refractivity contribution in [3.63, 3.8) is 0 Å². The molecule has 2 N–H and O–H groups in total. The Balaban J connectivity index is 3.09. The standard InChI is InChI=1S/C12H15ClINO3/c1-12(2,6-16)15-11(17)7-4-8(13)9(14)5-10(7)18-3/h4-5,16H,6H2,1-3H3,(H,15,17). The van der Waals surface area contributed by atoms with Crippen molar-refractivity contribution < 1.29 is 14.6 Å². The summed E-state index contributed by atoms with van der Waals surface area (Å²) in [4.78, 5) is 12.1. The van der Waals surface area contributed by atoms with Crippen molar-refractivity contribution >= 4 is 40.1 Å². The maximum Gasteiger partial charge on any atom is 0.255 e. The number of halogens is 2. The van der Waals surface area contributed by atoms with E-state index in [1.165, 1.54) is 7.11 Å². The van der Waals surface area contributed by atoms with Gasteiger partial charge in [-0.3, -0.25) is 4.79 Å². The zero-order valence-electron chi connectivity index (χ0n) is 10.4. The highest BCUT2D eigenvalue weighted by atomic mass is 127. The van der Waals surface area contributed by atoms with Gasteiger partial charge in [0.2, 0.25) is 0 Å². The van der Waals surface area contributed by atoms with Gasteiger partial charge in [0.25, 0.3) is 5.91 Å². The van der Waals surface area contributed by atoms with Crippen molar-refractivity contribution in [3.05, 3.63) is 26.3 Å². The number of aliphatic hydroxyl groups is 1. The van der Waals surface area contributed by atoms with Crippen molar-refractivity contribution in [3.8, 4) is 5.75 Å². The number of aliphatic hydroxyl groups excluding tert-OH is 1. The Labute approximate surface area is 125 Å². The van der Waals surface area contributed by atoms with Gasteiger partial charge in [0.1, 0.15) is 5.75 Å². The van der Waals surface area contributed by atoms with E-state index in [-0.39, 0.29) is 12.5 Å². The molecule has 0 spiro atoms. The average molecular weight is 384 g/mol. The fraction of sp³-hybridized carbons (Fsp3) is 0.417. The number of hydrogen-bond donors (Lipinski definition) is 2. The van der Waals surface area contributed by atoms with Gasteiger partial charge in [0, 0.05) is 3.57 Å². The molecule has 0 aromatic heterocycles. The first-order valence-corrected chi connectivity index (χ1v) is 6.73. The molecule has 0 fully saturated rings. The molecule has 6 heteroatoms. The zero-order valence-corrected chi connectivity index (χ0v) is 13.3. The molecule has 0 atom stereocenters. The van der Waals surface area contributed by atoms with Gasteiger partial charge in [-0.05, 0) is 48.6 Å². The van der Waals surface area contributed by atoms with E-state index in [0.717, 1.165) is 3.57 Å². The summed E-state index contributed by atoms with van der Waals surface area (Å²) in [5.41, 5.74) is -0.346. The fourth-order valence-corrected chi connectivity index (χ4v) is 1.89. The summed E-state index contributed by atoms with van der Waals surface area (Å²) >= 11 is 8.06. The number of ether oxygens (including phenoxy) is 1. The van der Waals surface area contributed by atoms with Gasteiger partial charge in [0.05, 0.1) is 29.8 Å². The minimum Gasteiger partial charge on any atom is -0.496 e. The quantitative estimate of drug-likeness (QED) is 0.785. The normalized spacial score (nSPS) is 11.2. The van der Waals surface area contributed by atoms with Gasteiger partial charge in [-0.2, -0.15) is 0 Å². The monoisotopic (exact) mass is 383 g/mol. The number of rotatable bonds is 4. The molecule has 0 heterocycles. The first kappa shape index (κ1) is 15.5.